The van der Waals surface area contributed by atoms with Crippen molar-refractivity contribution in [3.63, 3.8) is 0 Å². The van der Waals surface area contributed by atoms with Gasteiger partial charge in [0.15, 0.2) is 11.6 Å². The van der Waals surface area contributed by atoms with Crippen LogP contribution < -0.4 is 0 Å². The van der Waals surface area contributed by atoms with Crippen molar-refractivity contribution in [3.05, 3.63) is 23.9 Å². The van der Waals surface area contributed by atoms with Crippen LogP contribution in [0.1, 0.15) is 62.2 Å². The monoisotopic (exact) mass is 332 g/mol. The summed E-state index contributed by atoms with van der Waals surface area (Å²) in [6.45, 7) is 5.88. The second-order valence-electron chi connectivity index (χ2n) is 6.60. The maximum atomic E-state index is 5.89. The lowest BCUT2D eigenvalue weighted by atomic mass is 10.1. The van der Waals surface area contributed by atoms with E-state index >= 15 is 0 Å². The molecule has 2 fully saturated rings. The summed E-state index contributed by atoms with van der Waals surface area (Å²) in [7, 11) is 0. The van der Waals surface area contributed by atoms with Crippen molar-refractivity contribution in [1.82, 2.24) is 29.8 Å². The Labute approximate surface area is 141 Å². The molecule has 0 aromatic carbocycles. The summed E-state index contributed by atoms with van der Waals surface area (Å²) in [4.78, 5) is 6.90. The molecule has 0 N–H and O–H groups in total. The van der Waals surface area contributed by atoms with Crippen molar-refractivity contribution in [2.45, 2.75) is 57.7 Å². The molecule has 0 radical (unpaired) electrons. The summed E-state index contributed by atoms with van der Waals surface area (Å²) in [5.74, 6) is 2.97. The first-order valence-electron chi connectivity index (χ1n) is 8.87. The van der Waals surface area contributed by atoms with Crippen LogP contribution in [0, 0.1) is 0 Å². The molecule has 0 spiro atoms. The van der Waals surface area contributed by atoms with Crippen LogP contribution in [-0.4, -0.2) is 49.5 Å². The summed E-state index contributed by atoms with van der Waals surface area (Å²) >= 11 is 0. The second kappa shape index (κ2) is 6.98. The minimum Gasteiger partial charge on any atom is -0.368 e. The average molecular weight is 332 g/mol. The average Bonchev–Trinajstić information content (AvgIpc) is 3.35. The van der Waals surface area contributed by atoms with Gasteiger partial charge >= 0.3 is 0 Å². The highest BCUT2D eigenvalue weighted by atomic mass is 16.5. The zero-order chi connectivity index (χ0) is 16.4. The maximum Gasteiger partial charge on any atom is 0.240 e. The third kappa shape index (κ3) is 3.21. The second-order valence-corrected chi connectivity index (χ2v) is 6.60. The van der Waals surface area contributed by atoms with E-state index in [0.29, 0.717) is 25.0 Å². The zero-order valence-corrected chi connectivity index (χ0v) is 14.1. The number of hydrogen-bond acceptors (Lipinski definition) is 7. The summed E-state index contributed by atoms with van der Waals surface area (Å²) in [5, 5.41) is 12.4. The number of morpholine rings is 1. The Kier molecular flexibility index (Phi) is 4.57. The van der Waals surface area contributed by atoms with E-state index in [0.717, 1.165) is 31.3 Å². The van der Waals surface area contributed by atoms with Crippen LogP contribution in [0.3, 0.4) is 0 Å². The number of rotatable bonds is 5. The number of aromatic nitrogens is 5. The molecule has 1 aliphatic heterocycles. The lowest BCUT2D eigenvalue weighted by Crippen LogP contribution is -2.38. The van der Waals surface area contributed by atoms with Crippen LogP contribution in [-0.2, 0) is 17.8 Å². The Morgan fingerprint density at radius 1 is 1.29 bits per heavy atom. The van der Waals surface area contributed by atoms with Gasteiger partial charge in [-0.15, -0.1) is 10.2 Å². The van der Waals surface area contributed by atoms with Crippen LogP contribution in [0.2, 0.25) is 0 Å². The minimum absolute atomic E-state index is 0.0570. The zero-order valence-electron chi connectivity index (χ0n) is 14.1. The van der Waals surface area contributed by atoms with Crippen LogP contribution in [0.4, 0.5) is 0 Å². The van der Waals surface area contributed by atoms with Gasteiger partial charge in [0.25, 0.3) is 0 Å². The summed E-state index contributed by atoms with van der Waals surface area (Å²) in [6, 6.07) is 0. The van der Waals surface area contributed by atoms with Crippen molar-refractivity contribution < 1.29 is 9.26 Å². The highest BCUT2D eigenvalue weighted by molar-refractivity contribution is 4.99. The van der Waals surface area contributed by atoms with E-state index in [1.807, 2.05) is 4.57 Å². The first-order valence-corrected chi connectivity index (χ1v) is 8.87. The molecule has 0 bridgehead atoms. The normalized spacial score (nSPS) is 23.1. The topological polar surface area (TPSA) is 82.1 Å². The number of aryl methyl sites for hydroxylation is 1. The van der Waals surface area contributed by atoms with Gasteiger partial charge in [0.05, 0.1) is 13.2 Å². The molecule has 1 atom stereocenters. The standard InChI is InChI=1S/C16H24N6O2/c1-2-22-11-17-19-16(22)13-9-21(7-8-23-13)10-14-18-15(20-24-14)12-5-3-4-6-12/h11-13H,2-10H2,1H3. The number of ether oxygens (including phenoxy) is 1. The molecule has 1 saturated heterocycles. The molecule has 1 unspecified atom stereocenters. The van der Waals surface area contributed by atoms with E-state index in [1.54, 1.807) is 6.33 Å². The highest BCUT2D eigenvalue weighted by Gasteiger charge is 2.28. The van der Waals surface area contributed by atoms with Crippen molar-refractivity contribution in [2.75, 3.05) is 19.7 Å². The van der Waals surface area contributed by atoms with E-state index in [9.17, 15) is 0 Å². The summed E-state index contributed by atoms with van der Waals surface area (Å²) < 4.78 is 13.4. The van der Waals surface area contributed by atoms with E-state index < -0.39 is 0 Å². The predicted molar refractivity (Wildman–Crippen MR) is 85.2 cm³/mol. The Hall–Kier alpha value is -1.80. The van der Waals surface area contributed by atoms with Crippen LogP contribution in [0.15, 0.2) is 10.9 Å². The Balaban J connectivity index is 1.39. The molecule has 0 amide bonds. The molecule has 130 valence electrons. The third-order valence-corrected chi connectivity index (χ3v) is 4.99. The highest BCUT2D eigenvalue weighted by Crippen LogP contribution is 2.32. The van der Waals surface area contributed by atoms with Gasteiger partial charge in [0.2, 0.25) is 5.89 Å². The smallest absolute Gasteiger partial charge is 0.240 e. The molecule has 1 aliphatic carbocycles. The largest absolute Gasteiger partial charge is 0.368 e. The van der Waals surface area contributed by atoms with E-state index in [4.69, 9.17) is 9.26 Å². The van der Waals surface area contributed by atoms with Gasteiger partial charge in [-0.05, 0) is 19.8 Å². The molecule has 1 saturated carbocycles. The van der Waals surface area contributed by atoms with E-state index in [1.165, 1.54) is 25.7 Å². The Bertz CT molecular complexity index is 663. The Morgan fingerprint density at radius 3 is 3.00 bits per heavy atom. The van der Waals surface area contributed by atoms with Gasteiger partial charge in [0.1, 0.15) is 12.4 Å². The molecule has 24 heavy (non-hydrogen) atoms. The predicted octanol–water partition coefficient (Wildman–Crippen LogP) is 1.91. The molecule has 2 aromatic heterocycles. The van der Waals surface area contributed by atoms with Gasteiger partial charge in [-0.2, -0.15) is 4.98 Å². The van der Waals surface area contributed by atoms with Crippen LogP contribution in [0.25, 0.3) is 0 Å². The fourth-order valence-electron chi connectivity index (χ4n) is 3.63. The first kappa shape index (κ1) is 15.7. The quantitative estimate of drug-likeness (QED) is 0.827. The minimum atomic E-state index is -0.0570. The SMILES string of the molecule is CCn1cnnc1C1CN(Cc2nc(C3CCCC3)no2)CCO1. The maximum absolute atomic E-state index is 5.89. The first-order chi connectivity index (χ1) is 11.8. The van der Waals surface area contributed by atoms with Crippen molar-refractivity contribution in [3.8, 4) is 0 Å². The van der Waals surface area contributed by atoms with Gasteiger partial charge in [-0.3, -0.25) is 4.90 Å². The molecule has 8 nitrogen and oxygen atoms in total. The van der Waals surface area contributed by atoms with Crippen LogP contribution >= 0.6 is 0 Å². The molecule has 8 heteroatoms. The van der Waals surface area contributed by atoms with Crippen molar-refractivity contribution in [1.29, 1.82) is 0 Å². The van der Waals surface area contributed by atoms with E-state index in [-0.39, 0.29) is 6.10 Å². The fraction of sp³-hybridized carbons (Fsp3) is 0.750. The summed E-state index contributed by atoms with van der Waals surface area (Å²) in [5.41, 5.74) is 0. The lowest BCUT2D eigenvalue weighted by Gasteiger charge is -2.31. The Morgan fingerprint density at radius 2 is 2.17 bits per heavy atom. The molecular weight excluding hydrogens is 308 g/mol. The van der Waals surface area contributed by atoms with Crippen molar-refractivity contribution >= 4 is 0 Å². The van der Waals surface area contributed by atoms with Crippen LogP contribution in [0.5, 0.6) is 0 Å². The van der Waals surface area contributed by atoms with E-state index in [2.05, 4.69) is 32.2 Å². The van der Waals surface area contributed by atoms with Gasteiger partial charge in [-0.25, -0.2) is 0 Å². The number of hydrogen-bond donors (Lipinski definition) is 0. The van der Waals surface area contributed by atoms with Gasteiger partial charge in [0, 0.05) is 25.6 Å². The number of nitrogens with zero attached hydrogens (tertiary/aromatic N) is 6. The molecular formula is C16H24N6O2. The summed E-state index contributed by atoms with van der Waals surface area (Å²) in [6.07, 6.45) is 6.62. The molecule has 2 aliphatic rings. The molecule has 4 rings (SSSR count). The molecule has 2 aromatic rings. The van der Waals surface area contributed by atoms with Gasteiger partial charge < -0.3 is 13.8 Å². The third-order valence-electron chi connectivity index (χ3n) is 4.99. The lowest BCUT2D eigenvalue weighted by molar-refractivity contribution is -0.0414. The van der Waals surface area contributed by atoms with Gasteiger partial charge in [-0.1, -0.05) is 18.0 Å². The fourth-order valence-corrected chi connectivity index (χ4v) is 3.63. The van der Waals surface area contributed by atoms with Crippen molar-refractivity contribution in [2.24, 2.45) is 0 Å². The molecule has 3 heterocycles.